The Morgan fingerprint density at radius 3 is 2.79 bits per heavy atom. The largest absolute Gasteiger partial charge is 0.496 e. The molecule has 2 rings (SSSR count). The molecule has 124 valence electrons. The summed E-state index contributed by atoms with van der Waals surface area (Å²) in [5, 5.41) is 9.30. The fourth-order valence-corrected chi connectivity index (χ4v) is 3.17. The van der Waals surface area contributed by atoms with Crippen LogP contribution in [0.3, 0.4) is 0 Å². The van der Waals surface area contributed by atoms with Crippen LogP contribution in [0.25, 0.3) is 0 Å². The Kier molecular flexibility index (Phi) is 5.59. The third-order valence-electron chi connectivity index (χ3n) is 4.50. The van der Waals surface area contributed by atoms with E-state index in [2.05, 4.69) is 19.2 Å². The molecule has 4 heteroatoms. The molecule has 0 spiro atoms. The zero-order chi connectivity index (χ0) is 17.7. The van der Waals surface area contributed by atoms with E-state index < -0.39 is 0 Å². The lowest BCUT2D eigenvalue weighted by Crippen LogP contribution is -2.44. The minimum Gasteiger partial charge on any atom is -0.496 e. The molecule has 0 bridgehead atoms. The summed E-state index contributed by atoms with van der Waals surface area (Å²) in [4.78, 5) is 14.7. The summed E-state index contributed by atoms with van der Waals surface area (Å²) in [7, 11) is 1.54. The van der Waals surface area contributed by atoms with Crippen LogP contribution in [-0.2, 0) is 11.2 Å². The highest BCUT2D eigenvalue weighted by Gasteiger charge is 2.28. The number of nitrogens with zero attached hydrogens (tertiary/aromatic N) is 2. The van der Waals surface area contributed by atoms with Crippen molar-refractivity contribution in [3.63, 3.8) is 0 Å². The highest BCUT2D eigenvalue weighted by molar-refractivity contribution is 5.81. The minimum atomic E-state index is -0.0583. The van der Waals surface area contributed by atoms with Gasteiger partial charge < -0.3 is 9.64 Å². The first kappa shape index (κ1) is 17.6. The zero-order valence-corrected chi connectivity index (χ0v) is 14.2. The minimum absolute atomic E-state index is 0.0223. The van der Waals surface area contributed by atoms with Crippen LogP contribution in [0, 0.1) is 11.3 Å². The van der Waals surface area contributed by atoms with Gasteiger partial charge in [-0.2, -0.15) is 5.26 Å². The van der Waals surface area contributed by atoms with Crippen LogP contribution >= 0.6 is 0 Å². The number of methoxy groups -OCH3 is 1. The molecule has 0 fully saturated rings. The molecule has 1 unspecified atom stereocenters. The number of allylic oxidation sites excluding steroid dienone is 1. The number of benzene rings is 1. The maximum atomic E-state index is 12.8. The van der Waals surface area contributed by atoms with Crippen molar-refractivity contribution in [3.05, 3.63) is 65.8 Å². The zero-order valence-electron chi connectivity index (χ0n) is 14.2. The summed E-state index contributed by atoms with van der Waals surface area (Å²) >= 11 is 0. The number of carbonyl (C=O) groups is 1. The van der Waals surface area contributed by atoms with Crippen LogP contribution in [0.15, 0.2) is 54.7 Å². The monoisotopic (exact) mass is 322 g/mol. The number of carbonyl (C=O) groups excluding carboxylic acids is 1. The van der Waals surface area contributed by atoms with Crippen molar-refractivity contribution in [1.29, 1.82) is 5.26 Å². The third kappa shape index (κ3) is 3.26. The topological polar surface area (TPSA) is 53.3 Å². The van der Waals surface area contributed by atoms with Crippen molar-refractivity contribution in [2.24, 2.45) is 0 Å². The molecular formula is C20H22N2O2. The van der Waals surface area contributed by atoms with Gasteiger partial charge in [0.1, 0.15) is 5.75 Å². The van der Waals surface area contributed by atoms with Crippen molar-refractivity contribution in [2.45, 2.75) is 25.8 Å². The van der Waals surface area contributed by atoms with Crippen LogP contribution in [0.4, 0.5) is 0 Å². The molecule has 0 radical (unpaired) electrons. The standard InChI is InChI=1S/C20H22N2O2/c1-5-15-10-11-22(14(3)17(15)6-2)20(23)12-18-16(13-21)8-7-9-19(18)24-4/h5-9,14H,1-2,10-12H2,3-4H3. The molecule has 1 heterocycles. The summed E-state index contributed by atoms with van der Waals surface area (Å²) in [6.45, 7) is 10.3. The molecular weight excluding hydrogens is 300 g/mol. The third-order valence-corrected chi connectivity index (χ3v) is 4.50. The summed E-state index contributed by atoms with van der Waals surface area (Å²) in [6, 6.07) is 7.31. The van der Waals surface area contributed by atoms with E-state index in [1.165, 1.54) is 0 Å². The Labute approximate surface area is 143 Å². The molecule has 0 aromatic heterocycles. The number of nitriles is 1. The quantitative estimate of drug-likeness (QED) is 0.835. The molecule has 4 nitrogen and oxygen atoms in total. The van der Waals surface area contributed by atoms with Crippen molar-refractivity contribution >= 4 is 5.91 Å². The first-order chi connectivity index (χ1) is 11.6. The van der Waals surface area contributed by atoms with Crippen molar-refractivity contribution < 1.29 is 9.53 Å². The first-order valence-electron chi connectivity index (χ1n) is 7.90. The highest BCUT2D eigenvalue weighted by Crippen LogP contribution is 2.28. The van der Waals surface area contributed by atoms with Crippen LogP contribution in [0.2, 0.25) is 0 Å². The molecule has 0 N–H and O–H groups in total. The molecule has 1 atom stereocenters. The summed E-state index contributed by atoms with van der Waals surface area (Å²) in [6.07, 6.45) is 4.54. The molecule has 0 saturated heterocycles. The van der Waals surface area contributed by atoms with Gasteiger partial charge in [0.05, 0.1) is 31.2 Å². The molecule has 0 saturated carbocycles. The molecule has 1 aliphatic rings. The summed E-state index contributed by atoms with van der Waals surface area (Å²) < 4.78 is 5.32. The van der Waals surface area contributed by atoms with Crippen molar-refractivity contribution in [1.82, 2.24) is 4.90 Å². The average Bonchev–Trinajstić information content (AvgIpc) is 2.61. The summed E-state index contributed by atoms with van der Waals surface area (Å²) in [5.74, 6) is 0.546. The lowest BCUT2D eigenvalue weighted by Gasteiger charge is -2.35. The van der Waals surface area contributed by atoms with Gasteiger partial charge in [0.2, 0.25) is 5.91 Å². The van der Waals surface area contributed by atoms with Gasteiger partial charge in [-0.1, -0.05) is 31.4 Å². The fraction of sp³-hybridized carbons (Fsp3) is 0.300. The van der Waals surface area contributed by atoms with E-state index in [4.69, 9.17) is 4.74 Å². The Hall–Kier alpha value is -2.80. The van der Waals surface area contributed by atoms with Crippen molar-refractivity contribution in [3.8, 4) is 11.8 Å². The lowest BCUT2D eigenvalue weighted by molar-refractivity contribution is -0.132. The molecule has 0 aliphatic carbocycles. The fourth-order valence-electron chi connectivity index (χ4n) is 3.17. The van der Waals surface area contributed by atoms with E-state index in [0.29, 0.717) is 23.4 Å². The molecule has 1 aromatic rings. The van der Waals surface area contributed by atoms with Gasteiger partial charge in [-0.05, 0) is 36.6 Å². The van der Waals surface area contributed by atoms with Gasteiger partial charge in [-0.15, -0.1) is 0 Å². The number of amides is 1. The predicted molar refractivity (Wildman–Crippen MR) is 94.6 cm³/mol. The van der Waals surface area contributed by atoms with Gasteiger partial charge in [0, 0.05) is 12.1 Å². The number of hydrogen-bond acceptors (Lipinski definition) is 3. The molecule has 1 aromatic carbocycles. The van der Waals surface area contributed by atoms with Gasteiger partial charge in [-0.25, -0.2) is 0 Å². The Bertz CT molecular complexity index is 740. The first-order valence-corrected chi connectivity index (χ1v) is 7.90. The smallest absolute Gasteiger partial charge is 0.227 e. The van der Waals surface area contributed by atoms with Crippen LogP contribution < -0.4 is 4.74 Å². The second kappa shape index (κ2) is 7.65. The second-order valence-electron chi connectivity index (χ2n) is 5.68. The van der Waals surface area contributed by atoms with Gasteiger partial charge >= 0.3 is 0 Å². The van der Waals surface area contributed by atoms with Crippen molar-refractivity contribution in [2.75, 3.05) is 13.7 Å². The normalized spacial score (nSPS) is 17.2. The van der Waals surface area contributed by atoms with Crippen LogP contribution in [-0.4, -0.2) is 30.5 Å². The number of ether oxygens (including phenoxy) is 1. The van der Waals surface area contributed by atoms with E-state index in [1.54, 1.807) is 31.4 Å². The number of rotatable bonds is 5. The van der Waals surface area contributed by atoms with Crippen LogP contribution in [0.5, 0.6) is 5.75 Å². The lowest BCUT2D eigenvalue weighted by atomic mass is 9.92. The summed E-state index contributed by atoms with van der Waals surface area (Å²) in [5.41, 5.74) is 3.28. The van der Waals surface area contributed by atoms with Crippen LogP contribution in [0.1, 0.15) is 24.5 Å². The number of hydrogen-bond donors (Lipinski definition) is 0. The Balaban J connectivity index is 2.29. The van der Waals surface area contributed by atoms with Gasteiger partial charge in [-0.3, -0.25) is 4.79 Å². The molecule has 1 aliphatic heterocycles. The van der Waals surface area contributed by atoms with E-state index >= 15 is 0 Å². The van der Waals surface area contributed by atoms with E-state index in [1.807, 2.05) is 17.9 Å². The second-order valence-corrected chi connectivity index (χ2v) is 5.68. The predicted octanol–water partition coefficient (Wildman–Crippen LogP) is 3.40. The van der Waals surface area contributed by atoms with Gasteiger partial charge in [0.25, 0.3) is 0 Å². The SMILES string of the molecule is C=CC1=C(C=C)C(C)N(C(=O)Cc2c(C#N)cccc2OC)CC1. The maximum absolute atomic E-state index is 12.8. The Morgan fingerprint density at radius 2 is 2.21 bits per heavy atom. The van der Waals surface area contributed by atoms with E-state index in [0.717, 1.165) is 17.6 Å². The van der Waals surface area contributed by atoms with Gasteiger partial charge in [0.15, 0.2) is 0 Å². The van der Waals surface area contributed by atoms with E-state index in [9.17, 15) is 10.1 Å². The molecule has 1 amide bonds. The van der Waals surface area contributed by atoms with E-state index in [-0.39, 0.29) is 18.4 Å². The molecule has 24 heavy (non-hydrogen) atoms. The Morgan fingerprint density at radius 1 is 1.46 bits per heavy atom. The maximum Gasteiger partial charge on any atom is 0.227 e. The average molecular weight is 322 g/mol. The highest BCUT2D eigenvalue weighted by atomic mass is 16.5.